The van der Waals surface area contributed by atoms with Crippen LogP contribution in [-0.4, -0.2) is 48.3 Å². The number of hydrogen-bond acceptors (Lipinski definition) is 4. The van der Waals surface area contributed by atoms with Crippen molar-refractivity contribution in [3.05, 3.63) is 46.7 Å². The van der Waals surface area contributed by atoms with Crippen molar-refractivity contribution in [2.45, 2.75) is 38.8 Å². The number of fused-ring (bicyclic) bond motifs is 1. The molecule has 1 fully saturated rings. The van der Waals surface area contributed by atoms with Crippen LogP contribution in [0.3, 0.4) is 0 Å². The van der Waals surface area contributed by atoms with Crippen LogP contribution in [-0.2, 0) is 13.2 Å². The maximum atomic E-state index is 13.5. The van der Waals surface area contributed by atoms with Gasteiger partial charge in [-0.05, 0) is 32.8 Å². The van der Waals surface area contributed by atoms with Crippen molar-refractivity contribution in [2.24, 2.45) is 7.05 Å². The second kappa shape index (κ2) is 6.85. The standard InChI is InChI=1S/C19H21F3N6O/c1-11-8-17-23-15(9-16(19(20,21)22)28(17)24-11)13-4-6-27(7-5-13)18(29)14-10-26(3)25-12(14)2/h8-10,13H,4-7H2,1-3H3. The average molecular weight is 406 g/mol. The minimum absolute atomic E-state index is 0.0974. The fourth-order valence-electron chi connectivity index (χ4n) is 3.88. The SMILES string of the molecule is Cc1cc2nc(C3CCN(C(=O)c4cn(C)nc4C)CC3)cc(C(F)(F)F)n2n1. The van der Waals surface area contributed by atoms with E-state index in [0.29, 0.717) is 48.6 Å². The minimum atomic E-state index is -4.52. The number of carbonyl (C=O) groups is 1. The predicted molar refractivity (Wildman–Crippen MR) is 98.5 cm³/mol. The molecule has 0 bridgehead atoms. The molecule has 0 unspecified atom stereocenters. The van der Waals surface area contributed by atoms with E-state index in [2.05, 4.69) is 15.2 Å². The summed E-state index contributed by atoms with van der Waals surface area (Å²) in [7, 11) is 1.76. The van der Waals surface area contributed by atoms with Gasteiger partial charge in [0.05, 0.1) is 17.0 Å². The lowest BCUT2D eigenvalue weighted by atomic mass is 9.92. The summed E-state index contributed by atoms with van der Waals surface area (Å²) in [5.74, 6) is -0.241. The molecule has 4 heterocycles. The highest BCUT2D eigenvalue weighted by Gasteiger charge is 2.36. The average Bonchev–Trinajstić information content (AvgIpc) is 3.19. The smallest absolute Gasteiger partial charge is 0.338 e. The maximum Gasteiger partial charge on any atom is 0.433 e. The second-order valence-electron chi connectivity index (χ2n) is 7.49. The van der Waals surface area contributed by atoms with Crippen molar-refractivity contribution in [2.75, 3.05) is 13.1 Å². The van der Waals surface area contributed by atoms with Gasteiger partial charge in [0.25, 0.3) is 5.91 Å². The molecule has 3 aromatic heterocycles. The van der Waals surface area contributed by atoms with Crippen LogP contribution >= 0.6 is 0 Å². The van der Waals surface area contributed by atoms with Crippen LogP contribution in [0.2, 0.25) is 0 Å². The van der Waals surface area contributed by atoms with E-state index in [9.17, 15) is 18.0 Å². The van der Waals surface area contributed by atoms with Crippen LogP contribution in [0.4, 0.5) is 13.2 Å². The molecule has 0 aliphatic carbocycles. The minimum Gasteiger partial charge on any atom is -0.338 e. The van der Waals surface area contributed by atoms with Gasteiger partial charge in [0.15, 0.2) is 5.65 Å². The molecule has 154 valence electrons. The van der Waals surface area contributed by atoms with Crippen LogP contribution in [0, 0.1) is 13.8 Å². The third-order valence-electron chi connectivity index (χ3n) is 5.30. The largest absolute Gasteiger partial charge is 0.433 e. The summed E-state index contributed by atoms with van der Waals surface area (Å²) in [6.07, 6.45) is -1.73. The molecule has 1 aliphatic heterocycles. The summed E-state index contributed by atoms with van der Waals surface area (Å²) >= 11 is 0. The highest BCUT2D eigenvalue weighted by molar-refractivity contribution is 5.95. The lowest BCUT2D eigenvalue weighted by Gasteiger charge is -2.32. The van der Waals surface area contributed by atoms with Crippen LogP contribution in [0.5, 0.6) is 0 Å². The molecule has 3 aromatic rings. The van der Waals surface area contributed by atoms with Gasteiger partial charge in [-0.2, -0.15) is 23.4 Å². The Balaban J connectivity index is 1.56. The van der Waals surface area contributed by atoms with E-state index in [0.717, 1.165) is 10.6 Å². The number of halogens is 3. The Morgan fingerprint density at radius 3 is 2.41 bits per heavy atom. The Kier molecular flexibility index (Phi) is 4.59. The van der Waals surface area contributed by atoms with Crippen molar-refractivity contribution < 1.29 is 18.0 Å². The Bertz CT molecular complexity index is 1080. The number of nitrogens with zero attached hydrogens (tertiary/aromatic N) is 6. The van der Waals surface area contributed by atoms with E-state index in [1.54, 1.807) is 42.7 Å². The normalized spacial score (nSPS) is 16.0. The van der Waals surface area contributed by atoms with Crippen LogP contribution < -0.4 is 0 Å². The number of piperidine rings is 1. The Morgan fingerprint density at radius 2 is 1.83 bits per heavy atom. The van der Waals surface area contributed by atoms with Gasteiger partial charge in [-0.1, -0.05) is 0 Å². The molecule has 0 aromatic carbocycles. The summed E-state index contributed by atoms with van der Waals surface area (Å²) in [5.41, 5.74) is 1.46. The van der Waals surface area contributed by atoms with Crippen LogP contribution in [0.25, 0.3) is 5.65 Å². The van der Waals surface area contributed by atoms with Gasteiger partial charge in [-0.15, -0.1) is 0 Å². The first-order valence-electron chi connectivity index (χ1n) is 9.37. The molecular formula is C19H21F3N6O. The molecule has 1 amide bonds. The molecular weight excluding hydrogens is 385 g/mol. The van der Waals surface area contributed by atoms with Crippen molar-refractivity contribution >= 4 is 11.6 Å². The maximum absolute atomic E-state index is 13.5. The van der Waals surface area contributed by atoms with Crippen molar-refractivity contribution in [1.29, 1.82) is 0 Å². The van der Waals surface area contributed by atoms with Gasteiger partial charge in [-0.3, -0.25) is 9.48 Å². The van der Waals surface area contributed by atoms with Crippen LogP contribution in [0.1, 0.15) is 51.9 Å². The van der Waals surface area contributed by atoms with Gasteiger partial charge in [-0.25, -0.2) is 9.50 Å². The Labute approximate surface area is 165 Å². The number of rotatable bonds is 2. The fraction of sp³-hybridized carbons (Fsp3) is 0.474. The molecule has 0 saturated carbocycles. The highest BCUT2D eigenvalue weighted by Crippen LogP contribution is 2.34. The number of aromatic nitrogens is 5. The van der Waals surface area contributed by atoms with E-state index >= 15 is 0 Å². The molecule has 0 atom stereocenters. The first-order chi connectivity index (χ1) is 13.6. The quantitative estimate of drug-likeness (QED) is 0.656. The molecule has 10 heteroatoms. The van der Waals surface area contributed by atoms with Gasteiger partial charge in [0.1, 0.15) is 5.69 Å². The zero-order valence-electron chi connectivity index (χ0n) is 16.4. The molecule has 0 N–H and O–H groups in total. The lowest BCUT2D eigenvalue weighted by Crippen LogP contribution is -2.38. The monoisotopic (exact) mass is 406 g/mol. The molecule has 7 nitrogen and oxygen atoms in total. The summed E-state index contributed by atoms with van der Waals surface area (Å²) in [6.45, 7) is 4.35. The molecule has 4 rings (SSSR count). The van der Waals surface area contributed by atoms with E-state index < -0.39 is 11.9 Å². The third-order valence-corrected chi connectivity index (χ3v) is 5.30. The highest BCUT2D eigenvalue weighted by atomic mass is 19.4. The topological polar surface area (TPSA) is 68.3 Å². The van der Waals surface area contributed by atoms with E-state index in [4.69, 9.17) is 0 Å². The van der Waals surface area contributed by atoms with Crippen LogP contribution in [0.15, 0.2) is 18.3 Å². The van der Waals surface area contributed by atoms with Gasteiger partial charge in [0, 0.05) is 44.0 Å². The van der Waals surface area contributed by atoms with Crippen molar-refractivity contribution in [1.82, 2.24) is 29.3 Å². The first kappa shape index (κ1) is 19.4. The van der Waals surface area contributed by atoms with Crippen molar-refractivity contribution in [3.8, 4) is 0 Å². The summed E-state index contributed by atoms with van der Waals surface area (Å²) < 4.78 is 43.0. The molecule has 1 aliphatic rings. The summed E-state index contributed by atoms with van der Waals surface area (Å²) in [6, 6.07) is 2.63. The molecule has 1 saturated heterocycles. The fourth-order valence-corrected chi connectivity index (χ4v) is 3.88. The first-order valence-corrected chi connectivity index (χ1v) is 9.37. The molecule has 29 heavy (non-hydrogen) atoms. The zero-order chi connectivity index (χ0) is 20.9. The van der Waals surface area contributed by atoms with Gasteiger partial charge in [0.2, 0.25) is 0 Å². The number of likely N-dealkylation sites (tertiary alicyclic amines) is 1. The molecule has 0 radical (unpaired) electrons. The Hall–Kier alpha value is -2.91. The number of alkyl halides is 3. The number of hydrogen-bond donors (Lipinski definition) is 0. The van der Waals surface area contributed by atoms with Gasteiger partial charge < -0.3 is 4.90 Å². The number of aryl methyl sites for hydroxylation is 3. The predicted octanol–water partition coefficient (Wildman–Crippen LogP) is 3.12. The number of amides is 1. The summed E-state index contributed by atoms with van der Waals surface area (Å²) in [4.78, 5) is 18.9. The lowest BCUT2D eigenvalue weighted by molar-refractivity contribution is -0.142. The Morgan fingerprint density at radius 1 is 1.14 bits per heavy atom. The van der Waals surface area contributed by atoms with E-state index in [1.165, 1.54) is 0 Å². The molecule has 0 spiro atoms. The van der Waals surface area contributed by atoms with Crippen molar-refractivity contribution in [3.63, 3.8) is 0 Å². The second-order valence-corrected chi connectivity index (χ2v) is 7.49. The van der Waals surface area contributed by atoms with E-state index in [1.807, 2.05) is 0 Å². The summed E-state index contributed by atoms with van der Waals surface area (Å²) in [5, 5.41) is 8.12. The van der Waals surface area contributed by atoms with E-state index in [-0.39, 0.29) is 17.5 Å². The number of carbonyl (C=O) groups excluding carboxylic acids is 1. The third kappa shape index (κ3) is 3.58. The zero-order valence-corrected chi connectivity index (χ0v) is 16.4. The van der Waals surface area contributed by atoms with Gasteiger partial charge >= 0.3 is 6.18 Å².